The van der Waals surface area contributed by atoms with E-state index in [-0.39, 0.29) is 11.7 Å². The molecule has 0 aliphatic heterocycles. The highest BCUT2D eigenvalue weighted by atomic mass is 16.1. The monoisotopic (exact) mass is 217 g/mol. The summed E-state index contributed by atoms with van der Waals surface area (Å²) in [6.07, 6.45) is 5.78. The molecule has 16 heavy (non-hydrogen) atoms. The van der Waals surface area contributed by atoms with Crippen molar-refractivity contribution in [3.63, 3.8) is 0 Å². The van der Waals surface area contributed by atoms with Crippen LogP contribution in [-0.2, 0) is 4.79 Å². The second-order valence-corrected chi connectivity index (χ2v) is 5.89. The van der Waals surface area contributed by atoms with Gasteiger partial charge in [0, 0.05) is 5.92 Å². The van der Waals surface area contributed by atoms with Crippen molar-refractivity contribution in [2.45, 2.75) is 39.0 Å². The van der Waals surface area contributed by atoms with E-state index in [1.54, 1.807) is 0 Å². The molecule has 0 aromatic carbocycles. The Morgan fingerprint density at radius 3 is 2.50 bits per heavy atom. The molecule has 0 heterocycles. The molecule has 0 radical (unpaired) electrons. The van der Waals surface area contributed by atoms with Gasteiger partial charge in [0.2, 0.25) is 0 Å². The molecule has 0 spiro atoms. The molecule has 3 saturated carbocycles. The number of Topliss-reactive ketones (excluding diaryl/α,β-unsaturated/α-hetero) is 1. The van der Waals surface area contributed by atoms with Crippen LogP contribution in [0.15, 0.2) is 0 Å². The highest BCUT2D eigenvalue weighted by Gasteiger charge is 2.67. The predicted molar refractivity (Wildman–Crippen MR) is 60.3 cm³/mol. The van der Waals surface area contributed by atoms with E-state index in [1.807, 2.05) is 0 Å². The van der Waals surface area contributed by atoms with Crippen molar-refractivity contribution in [3.8, 4) is 6.07 Å². The van der Waals surface area contributed by atoms with Gasteiger partial charge in [-0.15, -0.1) is 0 Å². The van der Waals surface area contributed by atoms with Crippen LogP contribution in [0.1, 0.15) is 39.0 Å². The number of hydrogen-bond donors (Lipinski definition) is 0. The molecule has 2 heteroatoms. The van der Waals surface area contributed by atoms with E-state index < -0.39 is 0 Å². The Labute approximate surface area is 97.0 Å². The number of nitriles is 1. The normalized spacial score (nSPS) is 44.9. The molecule has 3 aliphatic rings. The maximum atomic E-state index is 12.2. The maximum absolute atomic E-state index is 12.2. The molecule has 2 nitrogen and oxygen atoms in total. The third-order valence-electron chi connectivity index (χ3n) is 5.14. The SMILES string of the molecule is CCCC(C#N)C(=O)C1C2C3CCC(C3)C12. The van der Waals surface area contributed by atoms with E-state index in [0.29, 0.717) is 17.8 Å². The molecule has 5 unspecified atom stereocenters. The summed E-state index contributed by atoms with van der Waals surface area (Å²) in [6.45, 7) is 2.05. The van der Waals surface area contributed by atoms with E-state index in [2.05, 4.69) is 13.0 Å². The third kappa shape index (κ3) is 1.27. The van der Waals surface area contributed by atoms with Gasteiger partial charge in [-0.05, 0) is 49.4 Å². The van der Waals surface area contributed by atoms with Gasteiger partial charge in [-0.3, -0.25) is 4.79 Å². The standard InChI is InChI=1S/C14H19NO/c1-2-3-10(7-15)14(16)13-11-8-4-5-9(6-8)12(11)13/h8-13H,2-6H2,1H3. The van der Waals surface area contributed by atoms with E-state index >= 15 is 0 Å². The first-order chi connectivity index (χ1) is 7.77. The number of rotatable bonds is 4. The van der Waals surface area contributed by atoms with Gasteiger partial charge in [0.1, 0.15) is 5.92 Å². The Kier molecular flexibility index (Phi) is 2.31. The van der Waals surface area contributed by atoms with Crippen LogP contribution in [0.5, 0.6) is 0 Å². The topological polar surface area (TPSA) is 40.9 Å². The highest BCUT2D eigenvalue weighted by molar-refractivity contribution is 5.89. The van der Waals surface area contributed by atoms with Crippen molar-refractivity contribution in [2.75, 3.05) is 0 Å². The van der Waals surface area contributed by atoms with Crippen molar-refractivity contribution in [3.05, 3.63) is 0 Å². The van der Waals surface area contributed by atoms with Crippen LogP contribution in [0.25, 0.3) is 0 Å². The van der Waals surface area contributed by atoms with E-state index in [9.17, 15) is 4.79 Å². The highest BCUT2D eigenvalue weighted by Crippen LogP contribution is 2.69. The van der Waals surface area contributed by atoms with Crippen LogP contribution in [0, 0.1) is 46.8 Å². The average molecular weight is 217 g/mol. The van der Waals surface area contributed by atoms with Crippen molar-refractivity contribution >= 4 is 5.78 Å². The summed E-state index contributed by atoms with van der Waals surface area (Å²) in [6, 6.07) is 2.21. The van der Waals surface area contributed by atoms with Gasteiger partial charge in [-0.25, -0.2) is 0 Å². The lowest BCUT2D eigenvalue weighted by Crippen LogP contribution is -2.18. The zero-order valence-electron chi connectivity index (χ0n) is 9.86. The predicted octanol–water partition coefficient (Wildman–Crippen LogP) is 2.79. The lowest BCUT2D eigenvalue weighted by atomic mass is 9.91. The summed E-state index contributed by atoms with van der Waals surface area (Å²) in [5, 5.41) is 9.04. The molecular weight excluding hydrogens is 198 g/mol. The molecule has 0 saturated heterocycles. The number of ketones is 1. The fourth-order valence-electron chi connectivity index (χ4n) is 4.50. The first kappa shape index (κ1) is 10.3. The molecule has 0 aromatic rings. The second-order valence-electron chi connectivity index (χ2n) is 5.89. The Balaban J connectivity index is 1.68. The number of fused-ring (bicyclic) bond motifs is 5. The third-order valence-corrected chi connectivity index (χ3v) is 5.14. The maximum Gasteiger partial charge on any atom is 0.153 e. The number of hydrogen-bond acceptors (Lipinski definition) is 2. The Hall–Kier alpha value is -0.840. The minimum absolute atomic E-state index is 0.288. The average Bonchev–Trinajstić information content (AvgIpc) is 2.74. The molecule has 2 bridgehead atoms. The lowest BCUT2D eigenvalue weighted by Gasteiger charge is -2.10. The van der Waals surface area contributed by atoms with Gasteiger partial charge in [-0.1, -0.05) is 13.3 Å². The van der Waals surface area contributed by atoms with Crippen molar-refractivity contribution in [2.24, 2.45) is 35.5 Å². The zero-order chi connectivity index (χ0) is 11.3. The van der Waals surface area contributed by atoms with Gasteiger partial charge in [0.15, 0.2) is 5.78 Å². The summed E-state index contributed by atoms with van der Waals surface area (Å²) in [7, 11) is 0. The summed E-state index contributed by atoms with van der Waals surface area (Å²) >= 11 is 0. The first-order valence-corrected chi connectivity index (χ1v) is 6.71. The van der Waals surface area contributed by atoms with Crippen LogP contribution in [-0.4, -0.2) is 5.78 Å². The van der Waals surface area contributed by atoms with E-state index in [1.165, 1.54) is 19.3 Å². The minimum atomic E-state index is -0.306. The number of nitrogens with zero attached hydrogens (tertiary/aromatic N) is 1. The molecule has 3 rings (SSSR count). The molecule has 5 atom stereocenters. The van der Waals surface area contributed by atoms with Gasteiger partial charge in [0.25, 0.3) is 0 Å². The quantitative estimate of drug-likeness (QED) is 0.726. The van der Waals surface area contributed by atoms with Gasteiger partial charge in [0.05, 0.1) is 6.07 Å². The summed E-state index contributed by atoms with van der Waals surface area (Å²) in [4.78, 5) is 12.2. The van der Waals surface area contributed by atoms with Gasteiger partial charge >= 0.3 is 0 Å². The van der Waals surface area contributed by atoms with Crippen molar-refractivity contribution in [1.82, 2.24) is 0 Å². The van der Waals surface area contributed by atoms with Crippen LogP contribution < -0.4 is 0 Å². The Bertz CT molecular complexity index is 340. The summed E-state index contributed by atoms with van der Waals surface area (Å²) < 4.78 is 0. The molecule has 0 N–H and O–H groups in total. The zero-order valence-corrected chi connectivity index (χ0v) is 9.86. The first-order valence-electron chi connectivity index (χ1n) is 6.71. The number of carbonyl (C=O) groups excluding carboxylic acids is 1. The van der Waals surface area contributed by atoms with Gasteiger partial charge < -0.3 is 0 Å². The van der Waals surface area contributed by atoms with E-state index in [0.717, 1.165) is 24.7 Å². The lowest BCUT2D eigenvalue weighted by molar-refractivity contribution is -0.123. The molecule has 0 amide bonds. The molecule has 0 aromatic heterocycles. The van der Waals surface area contributed by atoms with Crippen molar-refractivity contribution < 1.29 is 4.79 Å². The molecular formula is C14H19NO. The largest absolute Gasteiger partial charge is 0.298 e. The molecule has 86 valence electrons. The fraction of sp³-hybridized carbons (Fsp3) is 0.857. The Morgan fingerprint density at radius 1 is 1.38 bits per heavy atom. The number of carbonyl (C=O) groups is 1. The van der Waals surface area contributed by atoms with Gasteiger partial charge in [-0.2, -0.15) is 5.26 Å². The minimum Gasteiger partial charge on any atom is -0.298 e. The summed E-state index contributed by atoms with van der Waals surface area (Å²) in [5.74, 6) is 3.34. The molecule has 3 fully saturated rings. The van der Waals surface area contributed by atoms with E-state index in [4.69, 9.17) is 5.26 Å². The van der Waals surface area contributed by atoms with Crippen LogP contribution >= 0.6 is 0 Å². The Morgan fingerprint density at radius 2 is 2.00 bits per heavy atom. The fourth-order valence-corrected chi connectivity index (χ4v) is 4.50. The van der Waals surface area contributed by atoms with Crippen LogP contribution in [0.4, 0.5) is 0 Å². The van der Waals surface area contributed by atoms with Crippen LogP contribution in [0.2, 0.25) is 0 Å². The molecule has 3 aliphatic carbocycles. The smallest absolute Gasteiger partial charge is 0.153 e. The second kappa shape index (κ2) is 3.58. The van der Waals surface area contributed by atoms with Crippen molar-refractivity contribution in [1.29, 1.82) is 5.26 Å². The summed E-state index contributed by atoms with van der Waals surface area (Å²) in [5.41, 5.74) is 0. The van der Waals surface area contributed by atoms with Crippen LogP contribution in [0.3, 0.4) is 0 Å².